The second-order valence-electron chi connectivity index (χ2n) is 8.44. The molecule has 0 saturated carbocycles. The summed E-state index contributed by atoms with van der Waals surface area (Å²) in [7, 11) is 0. The van der Waals surface area contributed by atoms with Crippen LogP contribution < -0.4 is 16.2 Å². The van der Waals surface area contributed by atoms with Gasteiger partial charge >= 0.3 is 6.92 Å². The summed E-state index contributed by atoms with van der Waals surface area (Å²) in [5, 5.41) is 3.78. The van der Waals surface area contributed by atoms with Crippen molar-refractivity contribution in [1.82, 2.24) is 5.32 Å². The van der Waals surface area contributed by atoms with Gasteiger partial charge in [-0.05, 0) is 41.4 Å². The highest BCUT2D eigenvalue weighted by atomic mass is 16.5. The summed E-state index contributed by atoms with van der Waals surface area (Å²) in [6.07, 6.45) is 2.22. The highest BCUT2D eigenvalue weighted by molar-refractivity contribution is 6.80. The topological polar surface area (TPSA) is 21.3 Å². The first kappa shape index (κ1) is 20.8. The molecule has 1 aliphatic heterocycles. The zero-order chi connectivity index (χ0) is 21.6. The third kappa shape index (κ3) is 4.02. The van der Waals surface area contributed by atoms with Crippen LogP contribution in [-0.4, -0.2) is 19.5 Å². The van der Waals surface area contributed by atoms with Gasteiger partial charge in [-0.25, -0.2) is 0 Å². The number of benzene rings is 4. The van der Waals surface area contributed by atoms with Gasteiger partial charge in [0.2, 0.25) is 0 Å². The SMILES string of the molecule is c1ccc(B(OC(c2ccccc2)(c2ccccc2)C2CCCN2)c2ccccc2)cc1. The zero-order valence-electron chi connectivity index (χ0n) is 18.2. The lowest BCUT2D eigenvalue weighted by atomic mass is 9.54. The van der Waals surface area contributed by atoms with Gasteiger partial charge in [0.05, 0.1) is 0 Å². The van der Waals surface area contributed by atoms with Crippen LogP contribution in [0.4, 0.5) is 0 Å². The summed E-state index contributed by atoms with van der Waals surface area (Å²) in [4.78, 5) is 0. The van der Waals surface area contributed by atoms with Crippen LogP contribution in [0.5, 0.6) is 0 Å². The second kappa shape index (κ2) is 9.56. The highest BCUT2D eigenvalue weighted by Gasteiger charge is 2.47. The van der Waals surface area contributed by atoms with Crippen molar-refractivity contribution < 1.29 is 4.65 Å². The minimum Gasteiger partial charge on any atom is -0.412 e. The van der Waals surface area contributed by atoms with E-state index in [1.807, 2.05) is 0 Å². The van der Waals surface area contributed by atoms with E-state index in [9.17, 15) is 0 Å². The Labute approximate surface area is 191 Å². The van der Waals surface area contributed by atoms with E-state index in [4.69, 9.17) is 4.65 Å². The Morgan fingerprint density at radius 1 is 0.625 bits per heavy atom. The van der Waals surface area contributed by atoms with Crippen molar-refractivity contribution in [3.8, 4) is 0 Å². The molecule has 1 aliphatic rings. The third-order valence-corrected chi connectivity index (χ3v) is 6.46. The fourth-order valence-corrected chi connectivity index (χ4v) is 4.96. The van der Waals surface area contributed by atoms with E-state index >= 15 is 0 Å². The molecule has 0 bridgehead atoms. The van der Waals surface area contributed by atoms with Crippen LogP contribution in [0.25, 0.3) is 0 Å². The molecule has 32 heavy (non-hydrogen) atoms. The van der Waals surface area contributed by atoms with Gasteiger partial charge < -0.3 is 9.97 Å². The lowest BCUT2D eigenvalue weighted by molar-refractivity contribution is 0.0748. The fourth-order valence-electron chi connectivity index (χ4n) is 4.96. The number of nitrogens with one attached hydrogen (secondary N) is 1. The molecule has 4 aromatic rings. The molecule has 0 aliphatic carbocycles. The van der Waals surface area contributed by atoms with E-state index in [2.05, 4.69) is 127 Å². The van der Waals surface area contributed by atoms with Crippen molar-refractivity contribution in [3.63, 3.8) is 0 Å². The van der Waals surface area contributed by atoms with Crippen molar-refractivity contribution >= 4 is 17.8 Å². The molecule has 0 amide bonds. The lowest BCUT2D eigenvalue weighted by Gasteiger charge is -2.43. The van der Waals surface area contributed by atoms with Crippen molar-refractivity contribution in [2.24, 2.45) is 0 Å². The lowest BCUT2D eigenvalue weighted by Crippen LogP contribution is -2.57. The predicted octanol–water partition coefficient (Wildman–Crippen LogP) is 4.50. The zero-order valence-corrected chi connectivity index (χ0v) is 18.2. The first-order chi connectivity index (χ1) is 15.9. The van der Waals surface area contributed by atoms with E-state index in [1.165, 1.54) is 11.1 Å². The predicted molar refractivity (Wildman–Crippen MR) is 134 cm³/mol. The maximum absolute atomic E-state index is 7.40. The van der Waals surface area contributed by atoms with Crippen molar-refractivity contribution in [2.45, 2.75) is 24.5 Å². The van der Waals surface area contributed by atoms with Gasteiger partial charge in [0.15, 0.2) is 0 Å². The summed E-state index contributed by atoms with van der Waals surface area (Å²) in [5.74, 6) is 0. The van der Waals surface area contributed by atoms with E-state index < -0.39 is 5.60 Å². The third-order valence-electron chi connectivity index (χ3n) is 6.46. The average molecular weight is 417 g/mol. The smallest absolute Gasteiger partial charge is 0.362 e. The monoisotopic (exact) mass is 417 g/mol. The van der Waals surface area contributed by atoms with Crippen molar-refractivity contribution in [1.29, 1.82) is 0 Å². The van der Waals surface area contributed by atoms with E-state index in [1.54, 1.807) is 0 Å². The molecule has 1 unspecified atom stereocenters. The van der Waals surface area contributed by atoms with Crippen LogP contribution in [-0.2, 0) is 10.3 Å². The normalized spacial score (nSPS) is 16.1. The summed E-state index contributed by atoms with van der Waals surface area (Å²) in [6.45, 7) is 0.816. The number of rotatable bonds is 7. The first-order valence-electron chi connectivity index (χ1n) is 11.5. The molecule has 1 N–H and O–H groups in total. The van der Waals surface area contributed by atoms with Gasteiger partial charge in [-0.2, -0.15) is 0 Å². The maximum atomic E-state index is 7.40. The summed E-state index contributed by atoms with van der Waals surface area (Å²) >= 11 is 0. The number of hydrogen-bond donors (Lipinski definition) is 1. The van der Waals surface area contributed by atoms with Crippen molar-refractivity contribution in [2.75, 3.05) is 6.54 Å². The van der Waals surface area contributed by atoms with Gasteiger partial charge in [0.1, 0.15) is 5.60 Å². The highest BCUT2D eigenvalue weighted by Crippen LogP contribution is 2.40. The first-order valence-corrected chi connectivity index (χ1v) is 11.5. The van der Waals surface area contributed by atoms with Crippen LogP contribution in [0.3, 0.4) is 0 Å². The van der Waals surface area contributed by atoms with Crippen LogP contribution in [0.2, 0.25) is 0 Å². The van der Waals surface area contributed by atoms with Gasteiger partial charge in [0.25, 0.3) is 0 Å². The molecule has 2 nitrogen and oxygen atoms in total. The second-order valence-corrected chi connectivity index (χ2v) is 8.44. The van der Waals surface area contributed by atoms with E-state index in [0.717, 1.165) is 30.3 Å². The van der Waals surface area contributed by atoms with Crippen LogP contribution in [0.15, 0.2) is 121 Å². The van der Waals surface area contributed by atoms with Crippen molar-refractivity contribution in [3.05, 3.63) is 132 Å². The van der Waals surface area contributed by atoms with Crippen LogP contribution in [0, 0.1) is 0 Å². The Kier molecular flexibility index (Phi) is 6.20. The summed E-state index contributed by atoms with van der Waals surface area (Å²) in [5.41, 5.74) is 4.07. The molecular weight excluding hydrogens is 389 g/mol. The van der Waals surface area contributed by atoms with Gasteiger partial charge in [-0.15, -0.1) is 0 Å². The Morgan fingerprint density at radius 3 is 1.47 bits per heavy atom. The van der Waals surface area contributed by atoms with Gasteiger partial charge in [0, 0.05) is 6.04 Å². The quantitative estimate of drug-likeness (QED) is 0.447. The van der Waals surface area contributed by atoms with Crippen LogP contribution in [0.1, 0.15) is 24.0 Å². The van der Waals surface area contributed by atoms with E-state index in [-0.39, 0.29) is 13.0 Å². The Balaban J connectivity index is 1.72. The molecule has 0 spiro atoms. The molecule has 4 aromatic carbocycles. The fraction of sp³-hybridized carbons (Fsp3) is 0.172. The molecule has 1 heterocycles. The molecule has 1 fully saturated rings. The molecule has 3 heteroatoms. The number of hydrogen-bond acceptors (Lipinski definition) is 2. The van der Waals surface area contributed by atoms with E-state index in [0.29, 0.717) is 0 Å². The standard InChI is InChI=1S/C29H28BNO/c1-5-14-24(15-6-1)29(28-22-13-23-31-28,25-16-7-2-8-17-25)32-30(26-18-9-3-10-19-26)27-20-11-4-12-21-27/h1-12,14-21,28,31H,13,22-23H2. The Morgan fingerprint density at radius 2 is 1.06 bits per heavy atom. The van der Waals surface area contributed by atoms with Crippen LogP contribution >= 0.6 is 0 Å². The largest absolute Gasteiger partial charge is 0.412 e. The average Bonchev–Trinajstić information content (AvgIpc) is 3.43. The van der Waals surface area contributed by atoms with Gasteiger partial charge in [-0.1, -0.05) is 121 Å². The summed E-state index contributed by atoms with van der Waals surface area (Å²) in [6, 6.07) is 42.8. The minimum absolute atomic E-state index is 0.183. The maximum Gasteiger partial charge on any atom is 0.362 e. The Hall–Kier alpha value is -3.14. The molecule has 1 atom stereocenters. The molecule has 5 rings (SSSR count). The molecule has 1 saturated heterocycles. The minimum atomic E-state index is -0.616. The molecule has 0 aromatic heterocycles. The Bertz CT molecular complexity index is 1020. The molecule has 0 radical (unpaired) electrons. The van der Waals surface area contributed by atoms with Gasteiger partial charge in [-0.3, -0.25) is 0 Å². The molecular formula is C29H28BNO. The molecule has 158 valence electrons. The summed E-state index contributed by atoms with van der Waals surface area (Å²) < 4.78 is 7.40.